The molecule has 0 spiro atoms. The van der Waals surface area contributed by atoms with E-state index < -0.39 is 0 Å². The highest BCUT2D eigenvalue weighted by Gasteiger charge is 2.27. The summed E-state index contributed by atoms with van der Waals surface area (Å²) >= 11 is 0. The Bertz CT molecular complexity index is 951. The van der Waals surface area contributed by atoms with Gasteiger partial charge < -0.3 is 19.5 Å². The molecule has 1 saturated heterocycles. The minimum Gasteiger partial charge on any atom is -0.504 e. The summed E-state index contributed by atoms with van der Waals surface area (Å²) in [4.78, 5) is 24.9. The summed E-state index contributed by atoms with van der Waals surface area (Å²) in [6, 6.07) is 5.45. The SMILES string of the molecule is CCOc1cc(CN2CCc3c(nc(N4C[C@@H](C)O[C@@H](C)C4)[nH]c3=O)C2)ccc1O. The van der Waals surface area contributed by atoms with Gasteiger partial charge in [-0.25, -0.2) is 4.98 Å². The van der Waals surface area contributed by atoms with Gasteiger partial charge in [0, 0.05) is 38.3 Å². The number of phenols is 1. The van der Waals surface area contributed by atoms with Crippen molar-refractivity contribution in [3.8, 4) is 11.5 Å². The van der Waals surface area contributed by atoms with E-state index in [0.29, 0.717) is 50.9 Å². The van der Waals surface area contributed by atoms with E-state index in [-0.39, 0.29) is 23.5 Å². The first kappa shape index (κ1) is 20.7. The van der Waals surface area contributed by atoms with Crippen molar-refractivity contribution in [2.75, 3.05) is 31.1 Å². The third kappa shape index (κ3) is 4.44. The van der Waals surface area contributed by atoms with Gasteiger partial charge in [-0.05, 0) is 44.9 Å². The molecular formula is C22H30N4O4. The number of ether oxygens (including phenoxy) is 2. The third-order valence-corrected chi connectivity index (χ3v) is 5.59. The van der Waals surface area contributed by atoms with Gasteiger partial charge in [-0.3, -0.25) is 14.7 Å². The van der Waals surface area contributed by atoms with Crippen LogP contribution in [0.5, 0.6) is 11.5 Å². The van der Waals surface area contributed by atoms with Crippen LogP contribution in [-0.4, -0.2) is 58.4 Å². The molecule has 1 aromatic carbocycles. The number of rotatable bonds is 5. The number of hydrogen-bond acceptors (Lipinski definition) is 7. The van der Waals surface area contributed by atoms with Crippen LogP contribution in [0.25, 0.3) is 0 Å². The minimum atomic E-state index is -0.0373. The normalized spacial score (nSPS) is 22.0. The van der Waals surface area contributed by atoms with Crippen molar-refractivity contribution in [2.24, 2.45) is 0 Å². The van der Waals surface area contributed by atoms with Gasteiger partial charge in [0.1, 0.15) is 0 Å². The van der Waals surface area contributed by atoms with Crippen molar-refractivity contribution in [1.29, 1.82) is 0 Å². The van der Waals surface area contributed by atoms with Gasteiger partial charge >= 0.3 is 0 Å². The van der Waals surface area contributed by atoms with Crippen LogP contribution in [-0.2, 0) is 24.2 Å². The highest BCUT2D eigenvalue weighted by Crippen LogP contribution is 2.28. The molecule has 0 saturated carbocycles. The number of nitrogens with one attached hydrogen (secondary N) is 1. The number of H-pyrrole nitrogens is 1. The molecular weight excluding hydrogens is 384 g/mol. The standard InChI is InChI=1S/C22H30N4O4/c1-4-29-20-9-16(5-6-19(20)27)12-25-8-7-17-18(13-25)23-22(24-21(17)28)26-10-14(2)30-15(3)11-26/h5-6,9,14-15,27H,4,7-8,10-13H2,1-3H3,(H,23,24,28)/t14-,15+. The highest BCUT2D eigenvalue weighted by molar-refractivity contribution is 5.42. The number of benzene rings is 1. The van der Waals surface area contributed by atoms with Gasteiger partial charge in [-0.1, -0.05) is 6.07 Å². The second-order valence-corrected chi connectivity index (χ2v) is 8.17. The molecule has 2 atom stereocenters. The molecule has 1 aromatic heterocycles. The molecule has 2 aliphatic heterocycles. The van der Waals surface area contributed by atoms with Gasteiger partial charge in [-0.2, -0.15) is 0 Å². The quantitative estimate of drug-likeness (QED) is 0.774. The lowest BCUT2D eigenvalue weighted by Gasteiger charge is -2.36. The van der Waals surface area contributed by atoms with Crippen molar-refractivity contribution in [2.45, 2.75) is 52.5 Å². The molecule has 0 bridgehead atoms. The second-order valence-electron chi connectivity index (χ2n) is 8.17. The molecule has 2 aliphatic rings. The Kier molecular flexibility index (Phi) is 5.97. The average molecular weight is 415 g/mol. The first-order valence-corrected chi connectivity index (χ1v) is 10.6. The zero-order valence-corrected chi connectivity index (χ0v) is 17.9. The molecule has 0 aliphatic carbocycles. The Morgan fingerprint density at radius 2 is 2.07 bits per heavy atom. The topological polar surface area (TPSA) is 90.9 Å². The average Bonchev–Trinajstić information content (AvgIpc) is 2.70. The van der Waals surface area contributed by atoms with E-state index in [1.54, 1.807) is 6.07 Å². The number of aromatic hydroxyl groups is 1. The number of aromatic nitrogens is 2. The van der Waals surface area contributed by atoms with Crippen molar-refractivity contribution >= 4 is 5.95 Å². The first-order chi connectivity index (χ1) is 14.4. The molecule has 2 N–H and O–H groups in total. The van der Waals surface area contributed by atoms with Crippen molar-refractivity contribution in [1.82, 2.24) is 14.9 Å². The summed E-state index contributed by atoms with van der Waals surface area (Å²) < 4.78 is 11.3. The van der Waals surface area contributed by atoms with E-state index in [4.69, 9.17) is 14.5 Å². The Balaban J connectivity index is 1.52. The molecule has 8 nitrogen and oxygen atoms in total. The van der Waals surface area contributed by atoms with Gasteiger partial charge in [0.15, 0.2) is 11.5 Å². The van der Waals surface area contributed by atoms with E-state index in [9.17, 15) is 9.90 Å². The predicted octanol–water partition coefficient (Wildman–Crippen LogP) is 2.05. The van der Waals surface area contributed by atoms with Gasteiger partial charge in [0.05, 0.1) is 24.5 Å². The van der Waals surface area contributed by atoms with Crippen LogP contribution in [0.4, 0.5) is 5.95 Å². The van der Waals surface area contributed by atoms with Crippen LogP contribution in [0.2, 0.25) is 0 Å². The zero-order chi connectivity index (χ0) is 21.3. The Labute approximate surface area is 176 Å². The minimum absolute atomic E-state index is 0.0373. The number of phenolic OH excluding ortho intramolecular Hbond substituents is 1. The smallest absolute Gasteiger partial charge is 0.255 e. The molecule has 4 rings (SSSR count). The summed E-state index contributed by atoms with van der Waals surface area (Å²) in [5, 5.41) is 9.92. The fourth-order valence-corrected chi connectivity index (χ4v) is 4.30. The maximum atomic E-state index is 12.7. The summed E-state index contributed by atoms with van der Waals surface area (Å²) in [6.07, 6.45) is 0.866. The van der Waals surface area contributed by atoms with Gasteiger partial charge in [0.25, 0.3) is 5.56 Å². The number of anilines is 1. The molecule has 1 fully saturated rings. The summed E-state index contributed by atoms with van der Waals surface area (Å²) in [5.74, 6) is 1.28. The van der Waals surface area contributed by atoms with Gasteiger partial charge in [0.2, 0.25) is 5.95 Å². The van der Waals surface area contributed by atoms with Crippen LogP contribution in [0, 0.1) is 0 Å². The fraction of sp³-hybridized carbons (Fsp3) is 0.545. The molecule has 8 heteroatoms. The van der Waals surface area contributed by atoms with E-state index >= 15 is 0 Å². The van der Waals surface area contributed by atoms with Crippen LogP contribution < -0.4 is 15.2 Å². The molecule has 30 heavy (non-hydrogen) atoms. The summed E-state index contributed by atoms with van der Waals surface area (Å²) in [5.41, 5.74) is 2.64. The first-order valence-electron chi connectivity index (χ1n) is 10.6. The zero-order valence-electron chi connectivity index (χ0n) is 17.9. The summed E-state index contributed by atoms with van der Waals surface area (Å²) in [7, 11) is 0. The maximum Gasteiger partial charge on any atom is 0.255 e. The molecule has 0 amide bonds. The molecule has 2 aromatic rings. The van der Waals surface area contributed by atoms with Crippen LogP contribution in [0.1, 0.15) is 37.6 Å². The Morgan fingerprint density at radius 3 is 2.80 bits per heavy atom. The van der Waals surface area contributed by atoms with Crippen LogP contribution >= 0.6 is 0 Å². The second kappa shape index (κ2) is 8.65. The number of aromatic amines is 1. The fourth-order valence-electron chi connectivity index (χ4n) is 4.30. The monoisotopic (exact) mass is 414 g/mol. The Hall–Kier alpha value is -2.58. The number of hydrogen-bond donors (Lipinski definition) is 2. The molecule has 0 unspecified atom stereocenters. The van der Waals surface area contributed by atoms with Crippen LogP contribution in [0.15, 0.2) is 23.0 Å². The lowest BCUT2D eigenvalue weighted by molar-refractivity contribution is -0.00576. The summed E-state index contributed by atoms with van der Waals surface area (Å²) in [6.45, 7) is 10.00. The largest absolute Gasteiger partial charge is 0.504 e. The maximum absolute atomic E-state index is 12.7. The van der Waals surface area contributed by atoms with Gasteiger partial charge in [-0.15, -0.1) is 0 Å². The number of fused-ring (bicyclic) bond motifs is 1. The Morgan fingerprint density at radius 1 is 1.30 bits per heavy atom. The molecule has 0 radical (unpaired) electrons. The van der Waals surface area contributed by atoms with E-state index in [1.807, 2.05) is 32.9 Å². The van der Waals surface area contributed by atoms with Crippen LogP contribution in [0.3, 0.4) is 0 Å². The van der Waals surface area contributed by atoms with E-state index in [2.05, 4.69) is 14.8 Å². The lowest BCUT2D eigenvalue weighted by Crippen LogP contribution is -2.47. The third-order valence-electron chi connectivity index (χ3n) is 5.59. The highest BCUT2D eigenvalue weighted by atomic mass is 16.5. The van der Waals surface area contributed by atoms with E-state index in [1.165, 1.54) is 0 Å². The predicted molar refractivity (Wildman–Crippen MR) is 114 cm³/mol. The van der Waals surface area contributed by atoms with E-state index in [0.717, 1.165) is 23.4 Å². The van der Waals surface area contributed by atoms with Crippen molar-refractivity contribution in [3.63, 3.8) is 0 Å². The number of nitrogens with zero attached hydrogens (tertiary/aromatic N) is 3. The van der Waals surface area contributed by atoms with Crippen molar-refractivity contribution in [3.05, 3.63) is 45.4 Å². The molecule has 3 heterocycles. The van der Waals surface area contributed by atoms with Crippen molar-refractivity contribution < 1.29 is 14.6 Å². The molecule has 162 valence electrons. The lowest BCUT2D eigenvalue weighted by atomic mass is 10.1. The number of morpholine rings is 1.